The van der Waals surface area contributed by atoms with E-state index in [0.29, 0.717) is 39.7 Å². The standard InChI is InChI=1S/C20H28F2O.C20H26F2O.C20H22F2O.C14H18F2O.C14H12F2O/c3*1-13-3-5-14(6-4-13)15-7-9-16(10-8-15)17-11-12-18(23-2)20(22)19(17)21;2*1-9-3-5-10(6-4-9)11-7-8-12(17-2)14(16)13(11)15/h11-16H,3-10H2,1-2H3;9,11-15H,3-8,10H2,1-2H3;7-14H,3-6H2,1-2H3;7-10H,3-6H2,1-2H3;3-8H,1-2H3. The van der Waals surface area contributed by atoms with Crippen molar-refractivity contribution in [2.75, 3.05) is 35.5 Å². The molecule has 0 saturated heterocycles. The van der Waals surface area contributed by atoms with E-state index >= 15 is 0 Å². The summed E-state index contributed by atoms with van der Waals surface area (Å²) >= 11 is 0. The van der Waals surface area contributed by atoms with Gasteiger partial charge in [-0.25, -0.2) is 22.0 Å². The van der Waals surface area contributed by atoms with Crippen LogP contribution in [0.1, 0.15) is 221 Å². The van der Waals surface area contributed by atoms with Crippen molar-refractivity contribution in [3.63, 3.8) is 0 Å². The highest BCUT2D eigenvalue weighted by Crippen LogP contribution is 2.47. The van der Waals surface area contributed by atoms with Crippen molar-refractivity contribution in [3.05, 3.63) is 201 Å². The summed E-state index contributed by atoms with van der Waals surface area (Å²) in [6, 6.07) is 30.7. The lowest BCUT2D eigenvalue weighted by Gasteiger charge is -2.37. The Labute approximate surface area is 605 Å². The molecule has 15 heteroatoms. The molecular weight excluding hydrogens is 1330 g/mol. The number of benzene rings is 7. The molecule has 1 unspecified atom stereocenters. The van der Waals surface area contributed by atoms with Crippen molar-refractivity contribution in [1.29, 1.82) is 0 Å². The van der Waals surface area contributed by atoms with Crippen LogP contribution in [-0.2, 0) is 0 Å². The molecule has 0 bridgehead atoms. The van der Waals surface area contributed by atoms with Gasteiger partial charge in [-0.05, 0) is 250 Å². The van der Waals surface area contributed by atoms with Crippen molar-refractivity contribution in [3.8, 4) is 51.0 Å². The van der Waals surface area contributed by atoms with Crippen LogP contribution in [0.4, 0.5) is 43.9 Å². The monoisotopic (exact) mass is 1430 g/mol. The summed E-state index contributed by atoms with van der Waals surface area (Å²) in [6.07, 6.45) is 29.2. The van der Waals surface area contributed by atoms with Gasteiger partial charge in [-0.2, -0.15) is 22.0 Å². The Hall–Kier alpha value is -7.42. The van der Waals surface area contributed by atoms with Crippen molar-refractivity contribution in [2.45, 2.75) is 200 Å². The van der Waals surface area contributed by atoms with Crippen LogP contribution in [0.2, 0.25) is 0 Å². The SMILES string of the molecule is COc1ccc(-c2ccc(C)cc2)c(F)c1F.COc1ccc(-c2ccc(C3CCC(C)CC3)cc2)c(F)c1F.COc1ccc(C2=CCC(C3CCC(C)CC3)CC2)c(F)c1F.COc1ccc(C2CCC(C)CC2)c(F)c1F.COc1ccc(C2CCC(C3CCC(C)CC3)CC2)c(F)c1F. The van der Waals surface area contributed by atoms with E-state index in [9.17, 15) is 43.9 Å². The summed E-state index contributed by atoms with van der Waals surface area (Å²) in [5.74, 6) is -1.23. The van der Waals surface area contributed by atoms with Gasteiger partial charge in [-0.1, -0.05) is 151 Å². The Balaban J connectivity index is 0.000000151. The molecule has 5 nitrogen and oxygen atoms in total. The fourth-order valence-corrected chi connectivity index (χ4v) is 16.6. The molecule has 0 amide bonds. The molecule has 7 aromatic carbocycles. The lowest BCUT2D eigenvalue weighted by atomic mass is 9.68. The first kappa shape index (κ1) is 79.7. The largest absolute Gasteiger partial charge is 0.494 e. The normalized spacial score (nSPS) is 24.0. The van der Waals surface area contributed by atoms with E-state index in [4.69, 9.17) is 23.7 Å². The second kappa shape index (κ2) is 38.0. The van der Waals surface area contributed by atoms with Gasteiger partial charge in [0.2, 0.25) is 29.1 Å². The molecule has 103 heavy (non-hydrogen) atoms. The van der Waals surface area contributed by atoms with Gasteiger partial charge in [0.1, 0.15) is 0 Å². The van der Waals surface area contributed by atoms with Gasteiger partial charge in [0, 0.05) is 16.7 Å². The zero-order chi connectivity index (χ0) is 74.0. The number of hydrogen-bond donors (Lipinski definition) is 0. The van der Waals surface area contributed by atoms with Crippen LogP contribution < -0.4 is 23.7 Å². The molecule has 0 aromatic heterocycles. The molecule has 6 aliphatic carbocycles. The third-order valence-electron chi connectivity index (χ3n) is 23.4. The molecule has 6 aliphatic rings. The minimum atomic E-state index is -0.953. The van der Waals surface area contributed by atoms with E-state index in [1.165, 1.54) is 148 Å². The van der Waals surface area contributed by atoms with E-state index in [1.807, 2.05) is 31.2 Å². The maximum absolute atomic E-state index is 14.3. The van der Waals surface area contributed by atoms with Crippen LogP contribution in [0, 0.1) is 112 Å². The smallest absolute Gasteiger partial charge is 0.201 e. The van der Waals surface area contributed by atoms with Gasteiger partial charge in [0.15, 0.2) is 57.8 Å². The van der Waals surface area contributed by atoms with Gasteiger partial charge in [0.25, 0.3) is 0 Å². The van der Waals surface area contributed by atoms with E-state index in [-0.39, 0.29) is 51.7 Å². The summed E-state index contributed by atoms with van der Waals surface area (Å²) in [5, 5.41) is 0. The van der Waals surface area contributed by atoms with Crippen LogP contribution in [-0.4, -0.2) is 35.5 Å². The molecule has 0 heterocycles. The molecule has 0 N–H and O–H groups in total. The first-order valence-electron chi connectivity index (χ1n) is 37.5. The van der Waals surface area contributed by atoms with E-state index in [2.05, 4.69) is 45.9 Å². The lowest BCUT2D eigenvalue weighted by Crippen LogP contribution is -2.25. The summed E-state index contributed by atoms with van der Waals surface area (Å²) in [7, 11) is 6.71. The molecule has 1 atom stereocenters. The summed E-state index contributed by atoms with van der Waals surface area (Å²) in [6.45, 7) is 11.2. The molecule has 558 valence electrons. The van der Waals surface area contributed by atoms with Crippen molar-refractivity contribution in [1.82, 2.24) is 0 Å². The molecule has 5 fully saturated rings. The molecule has 0 spiro atoms. The van der Waals surface area contributed by atoms with Crippen LogP contribution in [0.3, 0.4) is 0 Å². The van der Waals surface area contributed by atoms with Gasteiger partial charge >= 0.3 is 0 Å². The first-order chi connectivity index (χ1) is 49.6. The maximum Gasteiger partial charge on any atom is 0.201 e. The number of methoxy groups -OCH3 is 5. The van der Waals surface area contributed by atoms with E-state index < -0.39 is 58.2 Å². The van der Waals surface area contributed by atoms with Crippen molar-refractivity contribution < 1.29 is 67.6 Å². The van der Waals surface area contributed by atoms with Crippen molar-refractivity contribution in [2.24, 2.45) is 47.3 Å². The molecule has 0 radical (unpaired) electrons. The Kier molecular flexibility index (Phi) is 29.4. The maximum atomic E-state index is 14.3. The Morgan fingerprint density at radius 3 is 0.922 bits per heavy atom. The zero-order valence-electron chi connectivity index (χ0n) is 61.9. The average molecular weight is 1430 g/mol. The summed E-state index contributed by atoms with van der Waals surface area (Å²) in [5.41, 5.74) is 6.62. The highest BCUT2D eigenvalue weighted by molar-refractivity contribution is 5.68. The fraction of sp³-hybridized carbons (Fsp3) is 0.500. The summed E-state index contributed by atoms with van der Waals surface area (Å²) in [4.78, 5) is 0. The number of halogens is 10. The van der Waals surface area contributed by atoms with Gasteiger partial charge < -0.3 is 23.7 Å². The van der Waals surface area contributed by atoms with Gasteiger partial charge in [0.05, 0.1) is 35.5 Å². The van der Waals surface area contributed by atoms with Crippen LogP contribution in [0.25, 0.3) is 27.8 Å². The summed E-state index contributed by atoms with van der Waals surface area (Å²) < 4.78 is 163. The third-order valence-corrected chi connectivity index (χ3v) is 23.4. The predicted molar refractivity (Wildman–Crippen MR) is 393 cm³/mol. The second-order valence-electron chi connectivity index (χ2n) is 30.1. The number of aryl methyl sites for hydroxylation is 1. The molecule has 5 saturated carbocycles. The molecule has 13 rings (SSSR count). The van der Waals surface area contributed by atoms with E-state index in [1.54, 1.807) is 42.5 Å². The minimum Gasteiger partial charge on any atom is -0.494 e. The Bertz CT molecular complexity index is 3870. The number of allylic oxidation sites excluding steroid dienone is 2. The minimum absolute atomic E-state index is 0.00346. The molecular formula is C88H106F10O5. The molecule has 0 aliphatic heterocycles. The molecule has 7 aromatic rings. The zero-order valence-corrected chi connectivity index (χ0v) is 61.9. The Morgan fingerprint density at radius 1 is 0.272 bits per heavy atom. The van der Waals surface area contributed by atoms with Crippen molar-refractivity contribution >= 4 is 5.57 Å². The topological polar surface area (TPSA) is 46.2 Å². The quantitative estimate of drug-likeness (QED) is 0.108. The number of rotatable bonds is 13. The predicted octanol–water partition coefficient (Wildman–Crippen LogP) is 26.2. The van der Waals surface area contributed by atoms with Gasteiger partial charge in [-0.15, -0.1) is 0 Å². The third kappa shape index (κ3) is 20.4. The number of hydrogen-bond acceptors (Lipinski definition) is 5. The first-order valence-corrected chi connectivity index (χ1v) is 37.5. The van der Waals surface area contributed by atoms with Gasteiger partial charge in [-0.3, -0.25) is 0 Å². The van der Waals surface area contributed by atoms with Crippen LogP contribution in [0.5, 0.6) is 28.7 Å². The van der Waals surface area contributed by atoms with Crippen LogP contribution in [0.15, 0.2) is 115 Å². The van der Waals surface area contributed by atoms with Crippen LogP contribution >= 0.6 is 0 Å². The average Bonchev–Trinajstić information content (AvgIpc) is 0.832. The second-order valence-corrected chi connectivity index (χ2v) is 30.1. The van der Waals surface area contributed by atoms with E-state index in [0.717, 1.165) is 123 Å². The lowest BCUT2D eigenvalue weighted by molar-refractivity contribution is 0.164. The Morgan fingerprint density at radius 2 is 0.563 bits per heavy atom. The highest BCUT2D eigenvalue weighted by atomic mass is 19.2. The number of ether oxygens (including phenoxy) is 5. The highest BCUT2D eigenvalue weighted by Gasteiger charge is 2.34. The fourth-order valence-electron chi connectivity index (χ4n) is 16.6.